The van der Waals surface area contributed by atoms with Crippen LogP contribution in [0.15, 0.2) is 34.8 Å². The Bertz CT molecular complexity index is 566. The van der Waals surface area contributed by atoms with Crippen molar-refractivity contribution in [3.8, 4) is 0 Å². The van der Waals surface area contributed by atoms with Gasteiger partial charge in [0.1, 0.15) is 0 Å². The standard InChI is InChI=1S/C19H25BrN2O/c20-17-7-4-6-16(14-17)9-10-19(23)22-13-5-8-18(22)15-21-11-2-1-3-12-21/h4,6-7,9-10,14,18H,1-3,5,8,11-13,15H2/b10-9+. The molecule has 124 valence electrons. The molecule has 1 atom stereocenters. The van der Waals surface area contributed by atoms with Gasteiger partial charge in [-0.2, -0.15) is 0 Å². The molecule has 2 aliphatic rings. The van der Waals surface area contributed by atoms with E-state index in [-0.39, 0.29) is 5.91 Å². The molecule has 2 heterocycles. The summed E-state index contributed by atoms with van der Waals surface area (Å²) in [7, 11) is 0. The highest BCUT2D eigenvalue weighted by Crippen LogP contribution is 2.21. The van der Waals surface area contributed by atoms with Crippen LogP contribution in [-0.4, -0.2) is 47.9 Å². The molecule has 0 bridgehead atoms. The van der Waals surface area contributed by atoms with Crippen molar-refractivity contribution in [3.63, 3.8) is 0 Å². The van der Waals surface area contributed by atoms with Crippen LogP contribution < -0.4 is 0 Å². The first-order valence-corrected chi connectivity index (χ1v) is 9.48. The molecule has 2 saturated heterocycles. The molecule has 2 fully saturated rings. The molecule has 0 saturated carbocycles. The molecular formula is C19H25BrN2O. The molecule has 4 heteroatoms. The van der Waals surface area contributed by atoms with E-state index >= 15 is 0 Å². The Hall–Kier alpha value is -1.13. The summed E-state index contributed by atoms with van der Waals surface area (Å²) in [6, 6.07) is 8.42. The first-order chi connectivity index (χ1) is 11.2. The lowest BCUT2D eigenvalue weighted by atomic mass is 10.1. The molecule has 3 rings (SSSR count). The number of carbonyl (C=O) groups is 1. The highest BCUT2D eigenvalue weighted by atomic mass is 79.9. The molecule has 2 aliphatic heterocycles. The minimum atomic E-state index is 0.157. The minimum Gasteiger partial charge on any atom is -0.335 e. The van der Waals surface area contributed by atoms with Crippen LogP contribution in [-0.2, 0) is 4.79 Å². The SMILES string of the molecule is O=C(/C=C/c1cccc(Br)c1)N1CCCC1CN1CCCCC1. The fourth-order valence-electron chi connectivity index (χ4n) is 3.63. The van der Waals surface area contributed by atoms with Gasteiger partial charge in [0, 0.05) is 29.7 Å². The highest BCUT2D eigenvalue weighted by Gasteiger charge is 2.29. The van der Waals surface area contributed by atoms with Gasteiger partial charge in [-0.05, 0) is 62.5 Å². The number of hydrogen-bond donors (Lipinski definition) is 0. The summed E-state index contributed by atoms with van der Waals surface area (Å²) in [4.78, 5) is 17.2. The summed E-state index contributed by atoms with van der Waals surface area (Å²) in [6.07, 6.45) is 9.91. The van der Waals surface area contributed by atoms with E-state index in [1.54, 1.807) is 6.08 Å². The van der Waals surface area contributed by atoms with Gasteiger partial charge in [0.15, 0.2) is 0 Å². The first kappa shape index (κ1) is 16.7. The summed E-state index contributed by atoms with van der Waals surface area (Å²) < 4.78 is 1.04. The quantitative estimate of drug-likeness (QED) is 0.742. The molecule has 1 unspecified atom stereocenters. The summed E-state index contributed by atoms with van der Waals surface area (Å²) in [5, 5.41) is 0. The van der Waals surface area contributed by atoms with E-state index in [1.165, 1.54) is 32.4 Å². The number of amides is 1. The van der Waals surface area contributed by atoms with Gasteiger partial charge in [-0.15, -0.1) is 0 Å². The maximum absolute atomic E-state index is 12.6. The third kappa shape index (κ3) is 4.67. The van der Waals surface area contributed by atoms with Crippen LogP contribution >= 0.6 is 15.9 Å². The van der Waals surface area contributed by atoms with Crippen LogP contribution in [0.5, 0.6) is 0 Å². The van der Waals surface area contributed by atoms with Gasteiger partial charge >= 0.3 is 0 Å². The lowest BCUT2D eigenvalue weighted by molar-refractivity contribution is -0.127. The summed E-state index contributed by atoms with van der Waals surface area (Å²) in [5.41, 5.74) is 1.06. The Morgan fingerprint density at radius 3 is 2.78 bits per heavy atom. The molecule has 3 nitrogen and oxygen atoms in total. The molecule has 1 amide bonds. The zero-order valence-corrected chi connectivity index (χ0v) is 15.2. The number of halogens is 1. The van der Waals surface area contributed by atoms with Gasteiger partial charge in [-0.3, -0.25) is 4.79 Å². The van der Waals surface area contributed by atoms with Crippen LogP contribution in [0.1, 0.15) is 37.7 Å². The van der Waals surface area contributed by atoms with Crippen LogP contribution in [0.25, 0.3) is 6.08 Å². The molecular weight excluding hydrogens is 352 g/mol. The number of rotatable bonds is 4. The lowest BCUT2D eigenvalue weighted by Gasteiger charge is -2.32. The zero-order chi connectivity index (χ0) is 16.1. The Balaban J connectivity index is 1.59. The van der Waals surface area contributed by atoms with E-state index in [2.05, 4.69) is 25.7 Å². The summed E-state index contributed by atoms with van der Waals surface area (Å²) in [6.45, 7) is 4.36. The van der Waals surface area contributed by atoms with E-state index in [9.17, 15) is 4.79 Å². The Kier molecular flexibility index (Phi) is 5.90. The van der Waals surface area contributed by atoms with Gasteiger partial charge in [-0.1, -0.05) is 34.5 Å². The largest absolute Gasteiger partial charge is 0.335 e. The van der Waals surface area contributed by atoms with Crippen molar-refractivity contribution in [2.24, 2.45) is 0 Å². The monoisotopic (exact) mass is 376 g/mol. The van der Waals surface area contributed by atoms with E-state index in [4.69, 9.17) is 0 Å². The van der Waals surface area contributed by atoms with E-state index in [0.29, 0.717) is 6.04 Å². The minimum absolute atomic E-state index is 0.157. The molecule has 0 spiro atoms. The number of hydrogen-bond acceptors (Lipinski definition) is 2. The zero-order valence-electron chi connectivity index (χ0n) is 13.6. The molecule has 1 aromatic carbocycles. The van der Waals surface area contributed by atoms with Crippen LogP contribution in [0.2, 0.25) is 0 Å². The summed E-state index contributed by atoms with van der Waals surface area (Å²) in [5.74, 6) is 0.157. The average Bonchev–Trinajstić information content (AvgIpc) is 3.02. The number of carbonyl (C=O) groups excluding carboxylic acids is 1. The van der Waals surface area contributed by atoms with Crippen LogP contribution in [0, 0.1) is 0 Å². The maximum atomic E-state index is 12.6. The molecule has 23 heavy (non-hydrogen) atoms. The van der Waals surface area contributed by atoms with Gasteiger partial charge in [0.05, 0.1) is 0 Å². The van der Waals surface area contributed by atoms with Crippen LogP contribution in [0.4, 0.5) is 0 Å². The molecule has 0 radical (unpaired) electrons. The fourth-order valence-corrected chi connectivity index (χ4v) is 4.05. The van der Waals surface area contributed by atoms with Crippen molar-refractivity contribution < 1.29 is 4.79 Å². The van der Waals surface area contributed by atoms with E-state index in [0.717, 1.165) is 36.0 Å². The second-order valence-electron chi connectivity index (χ2n) is 6.58. The normalized spacial score (nSPS) is 22.8. The molecule has 0 aromatic heterocycles. The number of likely N-dealkylation sites (tertiary alicyclic amines) is 2. The van der Waals surface area contributed by atoms with Crippen molar-refractivity contribution in [1.82, 2.24) is 9.80 Å². The molecule has 0 aliphatic carbocycles. The predicted molar refractivity (Wildman–Crippen MR) is 98.2 cm³/mol. The third-order valence-corrected chi connectivity index (χ3v) is 5.34. The Morgan fingerprint density at radius 2 is 2.00 bits per heavy atom. The lowest BCUT2D eigenvalue weighted by Crippen LogP contribution is -2.44. The third-order valence-electron chi connectivity index (χ3n) is 4.84. The second kappa shape index (κ2) is 8.11. The smallest absolute Gasteiger partial charge is 0.246 e. The van der Waals surface area contributed by atoms with Gasteiger partial charge in [0.25, 0.3) is 0 Å². The maximum Gasteiger partial charge on any atom is 0.246 e. The predicted octanol–water partition coefficient (Wildman–Crippen LogP) is 3.94. The van der Waals surface area contributed by atoms with Gasteiger partial charge < -0.3 is 9.80 Å². The van der Waals surface area contributed by atoms with E-state index in [1.807, 2.05) is 30.3 Å². The first-order valence-electron chi connectivity index (χ1n) is 8.69. The van der Waals surface area contributed by atoms with E-state index < -0.39 is 0 Å². The van der Waals surface area contributed by atoms with Crippen LogP contribution in [0.3, 0.4) is 0 Å². The van der Waals surface area contributed by atoms with Crippen molar-refractivity contribution in [3.05, 3.63) is 40.4 Å². The number of benzene rings is 1. The van der Waals surface area contributed by atoms with Crippen molar-refractivity contribution in [2.75, 3.05) is 26.2 Å². The summed E-state index contributed by atoms with van der Waals surface area (Å²) >= 11 is 3.47. The Morgan fingerprint density at radius 1 is 1.17 bits per heavy atom. The second-order valence-corrected chi connectivity index (χ2v) is 7.49. The molecule has 0 N–H and O–H groups in total. The number of nitrogens with zero attached hydrogens (tertiary/aromatic N) is 2. The van der Waals surface area contributed by atoms with Gasteiger partial charge in [-0.25, -0.2) is 0 Å². The number of piperidine rings is 1. The van der Waals surface area contributed by atoms with Crippen molar-refractivity contribution in [1.29, 1.82) is 0 Å². The molecule has 1 aromatic rings. The van der Waals surface area contributed by atoms with Crippen molar-refractivity contribution >= 4 is 27.9 Å². The fraction of sp³-hybridized carbons (Fsp3) is 0.526. The average molecular weight is 377 g/mol. The highest BCUT2D eigenvalue weighted by molar-refractivity contribution is 9.10. The van der Waals surface area contributed by atoms with Crippen molar-refractivity contribution in [2.45, 2.75) is 38.1 Å². The van der Waals surface area contributed by atoms with Gasteiger partial charge in [0.2, 0.25) is 5.91 Å². The topological polar surface area (TPSA) is 23.6 Å². The Labute approximate surface area is 147 Å².